The quantitative estimate of drug-likeness (QED) is 0.616. The lowest BCUT2D eigenvalue weighted by atomic mass is 10.1. The number of nitrogens with two attached hydrogens (primary N) is 1. The summed E-state index contributed by atoms with van der Waals surface area (Å²) in [4.78, 5) is 3.49. The molecule has 0 saturated carbocycles. The van der Waals surface area contributed by atoms with Crippen molar-refractivity contribution in [3.8, 4) is 0 Å². The lowest BCUT2D eigenvalue weighted by molar-refractivity contribution is 0.583. The van der Waals surface area contributed by atoms with Crippen LogP contribution in [0.3, 0.4) is 0 Å². The molecule has 2 aromatic rings. The lowest BCUT2D eigenvalue weighted by Gasteiger charge is -1.95. The van der Waals surface area contributed by atoms with E-state index in [1.165, 1.54) is 12.3 Å². The fourth-order valence-corrected chi connectivity index (χ4v) is 1.32. The highest BCUT2D eigenvalue weighted by molar-refractivity contribution is 5.69. The number of hydrogen-bond donors (Lipinski definition) is 1. The molecule has 2 rings (SSSR count). The zero-order chi connectivity index (χ0) is 11.4. The fourth-order valence-electron chi connectivity index (χ4n) is 1.32. The van der Waals surface area contributed by atoms with E-state index in [4.69, 9.17) is 5.73 Å². The van der Waals surface area contributed by atoms with Crippen molar-refractivity contribution in [2.45, 2.75) is 0 Å². The van der Waals surface area contributed by atoms with Crippen LogP contribution in [0.1, 0.15) is 11.1 Å². The molecule has 0 amide bonds. The lowest BCUT2D eigenvalue weighted by Crippen LogP contribution is -1.83. The van der Waals surface area contributed by atoms with Gasteiger partial charge in [-0.1, -0.05) is 24.3 Å². The van der Waals surface area contributed by atoms with Crippen LogP contribution in [0.25, 0.3) is 12.2 Å². The molecule has 0 radical (unpaired) electrons. The number of halogens is 1. The van der Waals surface area contributed by atoms with Crippen molar-refractivity contribution in [3.05, 3.63) is 59.7 Å². The Morgan fingerprint density at radius 2 is 1.69 bits per heavy atom. The summed E-state index contributed by atoms with van der Waals surface area (Å²) in [6, 6.07) is 10.6. The molecular formula is C13H11FN2. The molecule has 0 fully saturated rings. The van der Waals surface area contributed by atoms with Crippen molar-refractivity contribution >= 4 is 17.8 Å². The van der Waals surface area contributed by atoms with Gasteiger partial charge in [-0.25, -0.2) is 4.98 Å². The number of nitrogen functional groups attached to an aromatic ring is 1. The van der Waals surface area contributed by atoms with E-state index in [0.29, 0.717) is 0 Å². The third-order valence-corrected chi connectivity index (χ3v) is 2.16. The van der Waals surface area contributed by atoms with E-state index in [1.807, 2.05) is 36.4 Å². The molecule has 1 heterocycles. The summed E-state index contributed by atoms with van der Waals surface area (Å²) in [5.41, 5.74) is 8.10. The molecular weight excluding hydrogens is 203 g/mol. The minimum Gasteiger partial charge on any atom is -0.399 e. The summed E-state index contributed by atoms with van der Waals surface area (Å²) in [6.45, 7) is 0. The van der Waals surface area contributed by atoms with Gasteiger partial charge in [0, 0.05) is 18.0 Å². The summed E-state index contributed by atoms with van der Waals surface area (Å²) in [5, 5.41) is 0. The van der Waals surface area contributed by atoms with E-state index in [-0.39, 0.29) is 0 Å². The van der Waals surface area contributed by atoms with Crippen molar-refractivity contribution in [2.75, 3.05) is 5.73 Å². The number of anilines is 1. The summed E-state index contributed by atoms with van der Waals surface area (Å²) in [5.74, 6) is -0.473. The van der Waals surface area contributed by atoms with E-state index in [0.717, 1.165) is 16.8 Å². The molecule has 0 bridgehead atoms. The molecule has 0 aliphatic carbocycles. The molecule has 0 saturated heterocycles. The van der Waals surface area contributed by atoms with Crippen molar-refractivity contribution in [1.29, 1.82) is 0 Å². The molecule has 16 heavy (non-hydrogen) atoms. The second kappa shape index (κ2) is 4.57. The molecule has 0 aliphatic heterocycles. The number of rotatable bonds is 2. The van der Waals surface area contributed by atoms with Crippen LogP contribution < -0.4 is 5.73 Å². The second-order valence-electron chi connectivity index (χ2n) is 3.41. The largest absolute Gasteiger partial charge is 0.399 e. The minimum absolute atomic E-state index is 0.473. The Labute approximate surface area is 93.3 Å². The van der Waals surface area contributed by atoms with Crippen LogP contribution in [0.15, 0.2) is 42.6 Å². The number of pyridine rings is 1. The van der Waals surface area contributed by atoms with E-state index < -0.39 is 5.95 Å². The number of aromatic nitrogens is 1. The van der Waals surface area contributed by atoms with Crippen LogP contribution in [-0.4, -0.2) is 4.98 Å². The highest BCUT2D eigenvalue weighted by atomic mass is 19.1. The first kappa shape index (κ1) is 10.4. The van der Waals surface area contributed by atoms with E-state index >= 15 is 0 Å². The number of hydrogen-bond acceptors (Lipinski definition) is 2. The predicted molar refractivity (Wildman–Crippen MR) is 64.0 cm³/mol. The maximum atomic E-state index is 12.8. The van der Waals surface area contributed by atoms with Gasteiger partial charge in [0.05, 0.1) is 0 Å². The van der Waals surface area contributed by atoms with Crippen LogP contribution >= 0.6 is 0 Å². The third-order valence-electron chi connectivity index (χ3n) is 2.16. The van der Waals surface area contributed by atoms with Gasteiger partial charge in [0.1, 0.15) is 0 Å². The number of nitrogens with zero attached hydrogens (tertiary/aromatic N) is 1. The molecule has 0 aliphatic rings. The van der Waals surface area contributed by atoms with Crippen molar-refractivity contribution in [2.24, 2.45) is 0 Å². The van der Waals surface area contributed by atoms with Crippen LogP contribution in [0, 0.1) is 5.95 Å². The number of benzene rings is 1. The molecule has 2 nitrogen and oxygen atoms in total. The fraction of sp³-hybridized carbons (Fsp3) is 0. The van der Waals surface area contributed by atoms with Crippen molar-refractivity contribution in [1.82, 2.24) is 4.98 Å². The maximum Gasteiger partial charge on any atom is 0.213 e. The van der Waals surface area contributed by atoms with E-state index in [1.54, 1.807) is 6.07 Å². The topological polar surface area (TPSA) is 38.9 Å². The predicted octanol–water partition coefficient (Wildman–Crippen LogP) is 2.97. The zero-order valence-corrected chi connectivity index (χ0v) is 8.60. The second-order valence-corrected chi connectivity index (χ2v) is 3.41. The molecule has 80 valence electrons. The average molecular weight is 214 g/mol. The highest BCUT2D eigenvalue weighted by Crippen LogP contribution is 2.10. The van der Waals surface area contributed by atoms with Gasteiger partial charge in [0.2, 0.25) is 5.95 Å². The summed E-state index contributed by atoms with van der Waals surface area (Å²) in [7, 11) is 0. The Hall–Kier alpha value is -2.16. The Morgan fingerprint density at radius 1 is 1.00 bits per heavy atom. The zero-order valence-electron chi connectivity index (χ0n) is 8.60. The van der Waals surface area contributed by atoms with Gasteiger partial charge in [0.15, 0.2) is 0 Å². The van der Waals surface area contributed by atoms with E-state index in [9.17, 15) is 4.39 Å². The summed E-state index contributed by atoms with van der Waals surface area (Å²) in [6.07, 6.45) is 5.17. The van der Waals surface area contributed by atoms with Gasteiger partial charge in [-0.3, -0.25) is 0 Å². The van der Waals surface area contributed by atoms with Gasteiger partial charge in [-0.15, -0.1) is 0 Å². The van der Waals surface area contributed by atoms with Gasteiger partial charge in [-0.2, -0.15) is 4.39 Å². The first-order valence-corrected chi connectivity index (χ1v) is 4.89. The summed E-state index contributed by atoms with van der Waals surface area (Å²) >= 11 is 0. The molecule has 3 heteroatoms. The van der Waals surface area contributed by atoms with Gasteiger partial charge < -0.3 is 5.73 Å². The highest BCUT2D eigenvalue weighted by Gasteiger charge is 1.92. The molecule has 1 aromatic carbocycles. The summed E-state index contributed by atoms with van der Waals surface area (Å²) < 4.78 is 12.8. The molecule has 2 N–H and O–H groups in total. The van der Waals surface area contributed by atoms with Gasteiger partial charge in [0.25, 0.3) is 0 Å². The monoisotopic (exact) mass is 214 g/mol. The Balaban J connectivity index is 2.18. The van der Waals surface area contributed by atoms with E-state index in [2.05, 4.69) is 4.98 Å². The van der Waals surface area contributed by atoms with Crippen LogP contribution in [0.4, 0.5) is 10.1 Å². The normalized spacial score (nSPS) is 10.8. The minimum atomic E-state index is -0.473. The smallest absolute Gasteiger partial charge is 0.213 e. The molecule has 0 spiro atoms. The Bertz CT molecular complexity index is 504. The van der Waals surface area contributed by atoms with Crippen LogP contribution in [0.2, 0.25) is 0 Å². The average Bonchev–Trinajstić information content (AvgIpc) is 2.28. The van der Waals surface area contributed by atoms with Crippen molar-refractivity contribution in [3.63, 3.8) is 0 Å². The first-order valence-electron chi connectivity index (χ1n) is 4.89. The molecule has 0 unspecified atom stereocenters. The van der Waals surface area contributed by atoms with Crippen LogP contribution in [0.5, 0.6) is 0 Å². The van der Waals surface area contributed by atoms with Gasteiger partial charge >= 0.3 is 0 Å². The Morgan fingerprint density at radius 3 is 2.38 bits per heavy atom. The van der Waals surface area contributed by atoms with Gasteiger partial charge in [-0.05, 0) is 29.3 Å². The first-order chi connectivity index (χ1) is 7.74. The Kier molecular flexibility index (Phi) is 2.96. The molecule has 1 aromatic heterocycles. The van der Waals surface area contributed by atoms with Crippen molar-refractivity contribution < 1.29 is 4.39 Å². The SMILES string of the molecule is Nc1ccc(/C=C/c2ccnc(F)c2)cc1. The third kappa shape index (κ3) is 2.67. The standard InChI is InChI=1S/C13H11FN2/c14-13-9-11(7-8-16-13)2-1-10-3-5-12(15)6-4-10/h1-9H,15H2/b2-1+. The maximum absolute atomic E-state index is 12.8. The molecule has 0 atom stereocenters. The van der Waals surface area contributed by atoms with Crippen LogP contribution in [-0.2, 0) is 0 Å².